The van der Waals surface area contributed by atoms with Crippen LogP contribution in [0.5, 0.6) is 0 Å². The fraction of sp³-hybridized carbons (Fsp3) is 0.722. The van der Waals surface area contributed by atoms with Crippen molar-refractivity contribution in [1.82, 2.24) is 9.88 Å². The highest BCUT2D eigenvalue weighted by molar-refractivity contribution is 8.01. The van der Waals surface area contributed by atoms with Gasteiger partial charge in [0.25, 0.3) is 0 Å². The minimum atomic E-state index is -5.63. The zero-order valence-electron chi connectivity index (χ0n) is 17.4. The van der Waals surface area contributed by atoms with E-state index in [1.807, 2.05) is 6.92 Å². The third-order valence-corrected chi connectivity index (χ3v) is 7.03. The summed E-state index contributed by atoms with van der Waals surface area (Å²) in [6.45, 7) is 0.590. The number of amides is 2. The lowest BCUT2D eigenvalue weighted by Gasteiger charge is -2.36. The quantitative estimate of drug-likeness (QED) is 0.340. The average molecular weight is 524 g/mol. The fourth-order valence-electron chi connectivity index (χ4n) is 3.33. The summed E-state index contributed by atoms with van der Waals surface area (Å²) < 4.78 is 80.9. The van der Waals surface area contributed by atoms with E-state index in [9.17, 15) is 35.9 Å². The zero-order valence-corrected chi connectivity index (χ0v) is 19.0. The number of carboxylic acids is 1. The number of thioether (sulfide) groups is 1. The van der Waals surface area contributed by atoms with Crippen molar-refractivity contribution in [2.24, 2.45) is 5.92 Å². The highest BCUT2D eigenvalue weighted by atomic mass is 32.2. The Morgan fingerprint density at radius 2 is 1.85 bits per heavy atom. The average Bonchev–Trinajstić information content (AvgIpc) is 3.12. The lowest BCUT2D eigenvalue weighted by Crippen LogP contribution is -2.49. The molecule has 0 atom stereocenters. The zero-order chi connectivity index (χ0) is 24.8. The number of urea groups is 1. The number of carbonyl (C=O) groups is 2. The van der Waals surface area contributed by atoms with Gasteiger partial charge in [0.15, 0.2) is 5.13 Å². The van der Waals surface area contributed by atoms with Crippen LogP contribution < -0.4 is 5.32 Å². The summed E-state index contributed by atoms with van der Waals surface area (Å²) in [5.41, 5.74) is 0. The van der Waals surface area contributed by atoms with Gasteiger partial charge in [-0.05, 0) is 31.6 Å². The number of carboxylic acid groups (broad SMARTS) is 1. The first kappa shape index (κ1) is 27.5. The van der Waals surface area contributed by atoms with E-state index in [2.05, 4.69) is 15.0 Å². The van der Waals surface area contributed by atoms with Crippen molar-refractivity contribution in [3.8, 4) is 0 Å². The molecule has 1 aromatic heterocycles. The van der Waals surface area contributed by atoms with Crippen molar-refractivity contribution >= 4 is 40.2 Å². The van der Waals surface area contributed by atoms with Gasteiger partial charge in [0.2, 0.25) is 6.10 Å². The SMILES string of the molecule is C[C@H]1CC[C@H](N(CCOC(C(F)(F)F)C(F)(F)F)C(=O)Nc2ncc(SCC(=O)O)s2)CC1. The number of hydrogen-bond donors (Lipinski definition) is 2. The van der Waals surface area contributed by atoms with Crippen molar-refractivity contribution in [2.45, 2.75) is 61.3 Å². The summed E-state index contributed by atoms with van der Waals surface area (Å²) in [7, 11) is 0. The van der Waals surface area contributed by atoms with E-state index in [0.717, 1.165) is 35.9 Å². The third-order valence-electron chi connectivity index (χ3n) is 4.93. The van der Waals surface area contributed by atoms with E-state index >= 15 is 0 Å². The second-order valence-corrected chi connectivity index (χ2v) is 9.84. The summed E-state index contributed by atoms with van der Waals surface area (Å²) in [6.07, 6.45) is -11.2. The molecule has 1 aromatic rings. The number of alkyl halides is 6. The number of rotatable bonds is 9. The molecule has 0 aromatic carbocycles. The molecule has 1 heterocycles. The monoisotopic (exact) mass is 523 g/mol. The van der Waals surface area contributed by atoms with Crippen LogP contribution in [0.1, 0.15) is 32.6 Å². The number of carbonyl (C=O) groups excluding carboxylic acids is 1. The van der Waals surface area contributed by atoms with Crippen molar-refractivity contribution in [3.05, 3.63) is 6.20 Å². The number of anilines is 1. The van der Waals surface area contributed by atoms with Crippen LogP contribution in [0.2, 0.25) is 0 Å². The van der Waals surface area contributed by atoms with Crippen molar-refractivity contribution in [2.75, 3.05) is 24.2 Å². The number of halogens is 6. The highest BCUT2D eigenvalue weighted by Crippen LogP contribution is 2.36. The minimum absolute atomic E-state index is 0.131. The van der Waals surface area contributed by atoms with E-state index in [0.29, 0.717) is 23.0 Å². The number of nitrogens with zero attached hydrogens (tertiary/aromatic N) is 2. The molecule has 0 unspecified atom stereocenters. The maximum atomic E-state index is 12.8. The number of ether oxygens (including phenoxy) is 1. The molecule has 1 saturated carbocycles. The van der Waals surface area contributed by atoms with Gasteiger partial charge in [-0.2, -0.15) is 26.3 Å². The van der Waals surface area contributed by atoms with E-state index in [1.165, 1.54) is 11.1 Å². The number of aliphatic carboxylic acids is 1. The van der Waals surface area contributed by atoms with Crippen molar-refractivity contribution in [3.63, 3.8) is 0 Å². The van der Waals surface area contributed by atoms with Crippen LogP contribution >= 0.6 is 23.1 Å². The molecule has 1 aliphatic rings. The summed E-state index contributed by atoms with van der Waals surface area (Å²) in [5.74, 6) is -0.846. The molecular formula is C18H23F6N3O4S2. The van der Waals surface area contributed by atoms with Crippen LogP contribution in [0.3, 0.4) is 0 Å². The van der Waals surface area contributed by atoms with E-state index in [4.69, 9.17) is 5.11 Å². The molecule has 0 bridgehead atoms. The van der Waals surface area contributed by atoms with Gasteiger partial charge in [0.1, 0.15) is 0 Å². The number of nitrogens with one attached hydrogen (secondary N) is 1. The smallest absolute Gasteiger partial charge is 0.423 e. The molecule has 33 heavy (non-hydrogen) atoms. The third kappa shape index (κ3) is 8.85. The molecule has 2 amide bonds. The van der Waals surface area contributed by atoms with Crippen LogP contribution in [-0.4, -0.2) is 70.4 Å². The Labute approximate surface area is 193 Å². The maximum Gasteiger partial charge on any atom is 0.423 e. The molecule has 1 fully saturated rings. The van der Waals surface area contributed by atoms with Gasteiger partial charge in [0, 0.05) is 12.6 Å². The van der Waals surface area contributed by atoms with Gasteiger partial charge >= 0.3 is 24.4 Å². The van der Waals surface area contributed by atoms with Crippen LogP contribution in [0.4, 0.5) is 36.3 Å². The van der Waals surface area contributed by atoms with Crippen molar-refractivity contribution < 1.29 is 45.8 Å². The van der Waals surface area contributed by atoms with E-state index < -0.39 is 43.6 Å². The first-order valence-electron chi connectivity index (χ1n) is 9.90. The molecule has 15 heteroatoms. The van der Waals surface area contributed by atoms with Gasteiger partial charge in [-0.15, -0.1) is 11.8 Å². The number of hydrogen-bond acceptors (Lipinski definition) is 6. The minimum Gasteiger partial charge on any atom is -0.481 e. The predicted molar refractivity (Wildman–Crippen MR) is 109 cm³/mol. The molecule has 1 aliphatic carbocycles. The topological polar surface area (TPSA) is 91.8 Å². The molecular weight excluding hydrogens is 500 g/mol. The van der Waals surface area contributed by atoms with Gasteiger partial charge in [-0.3, -0.25) is 10.1 Å². The first-order chi connectivity index (χ1) is 15.3. The second-order valence-electron chi connectivity index (χ2n) is 7.54. The Bertz CT molecular complexity index is 783. The number of thiazole rings is 1. The van der Waals surface area contributed by atoms with Gasteiger partial charge in [-0.1, -0.05) is 18.3 Å². The summed E-state index contributed by atoms with van der Waals surface area (Å²) in [6, 6.07) is -1.10. The van der Waals surface area contributed by atoms with Crippen LogP contribution in [0.25, 0.3) is 0 Å². The highest BCUT2D eigenvalue weighted by Gasteiger charge is 2.58. The molecule has 0 radical (unpaired) electrons. The number of aromatic nitrogens is 1. The summed E-state index contributed by atoms with van der Waals surface area (Å²) >= 11 is 2.00. The first-order valence-corrected chi connectivity index (χ1v) is 11.7. The maximum absolute atomic E-state index is 12.8. The Morgan fingerprint density at radius 3 is 2.39 bits per heavy atom. The molecule has 2 N–H and O–H groups in total. The largest absolute Gasteiger partial charge is 0.481 e. The molecule has 0 aliphatic heterocycles. The fourth-order valence-corrected chi connectivity index (χ4v) is 4.91. The standard InChI is InChI=1S/C18H23F6N3O4S2/c1-10-2-4-11(5-3-10)27(6-7-31-14(17(19,20)21)18(22,23)24)16(30)26-15-25-8-13(33-15)32-9-12(28)29/h8,10-11,14H,2-7,9H2,1H3,(H,28,29)(H,25,26,30)/t10-,11-. The van der Waals surface area contributed by atoms with Crippen LogP contribution in [-0.2, 0) is 9.53 Å². The van der Waals surface area contributed by atoms with Crippen molar-refractivity contribution in [1.29, 1.82) is 0 Å². The summed E-state index contributed by atoms with van der Waals surface area (Å²) in [5, 5.41) is 11.3. The lowest BCUT2D eigenvalue weighted by atomic mass is 9.86. The van der Waals surface area contributed by atoms with E-state index in [1.54, 1.807) is 0 Å². The Kier molecular flexibility index (Phi) is 9.67. The molecule has 0 saturated heterocycles. The normalized spacial score (nSPS) is 19.5. The van der Waals surface area contributed by atoms with Gasteiger partial charge in [0.05, 0.1) is 22.8 Å². The Balaban J connectivity index is 2.05. The molecule has 2 rings (SSSR count). The van der Waals surface area contributed by atoms with Crippen LogP contribution in [0, 0.1) is 5.92 Å². The van der Waals surface area contributed by atoms with Gasteiger partial charge in [-0.25, -0.2) is 9.78 Å². The molecule has 188 valence electrons. The second kappa shape index (κ2) is 11.6. The summed E-state index contributed by atoms with van der Waals surface area (Å²) in [4.78, 5) is 28.6. The molecule has 7 nitrogen and oxygen atoms in total. The predicted octanol–water partition coefficient (Wildman–Crippen LogP) is 5.24. The molecule has 0 spiro atoms. The Morgan fingerprint density at radius 1 is 1.24 bits per heavy atom. The van der Waals surface area contributed by atoms with Gasteiger partial charge < -0.3 is 14.7 Å². The lowest BCUT2D eigenvalue weighted by molar-refractivity contribution is -0.321. The van der Waals surface area contributed by atoms with Crippen LogP contribution in [0.15, 0.2) is 10.4 Å². The Hall–Kier alpha value is -1.74. The van der Waals surface area contributed by atoms with E-state index in [-0.39, 0.29) is 16.9 Å².